The molecule has 0 heterocycles. The highest BCUT2D eigenvalue weighted by molar-refractivity contribution is 6.07. The van der Waals surface area contributed by atoms with Crippen molar-refractivity contribution < 1.29 is 23.1 Å². The van der Waals surface area contributed by atoms with Crippen molar-refractivity contribution >= 4 is 17.6 Å². The van der Waals surface area contributed by atoms with Gasteiger partial charge in [-0.3, -0.25) is 9.59 Å². The predicted octanol–water partition coefficient (Wildman–Crippen LogP) is 8.10. The number of benzene rings is 4. The van der Waals surface area contributed by atoms with Crippen LogP contribution < -0.4 is 10.1 Å². The maximum Gasteiger partial charge on any atom is 0.318 e. The molecule has 6 heteroatoms. The maximum absolute atomic E-state index is 14.5. The minimum Gasteiger partial charge on any atom is -0.425 e. The highest BCUT2D eigenvalue weighted by atomic mass is 19.1. The molecular weight excluding hydrogens is 496 g/mol. The molecule has 0 spiro atoms. The third-order valence-corrected chi connectivity index (χ3v) is 6.46. The summed E-state index contributed by atoms with van der Waals surface area (Å²) in [6.45, 7) is 7.98. The summed E-state index contributed by atoms with van der Waals surface area (Å²) in [6, 6.07) is 22.7. The second kappa shape index (κ2) is 12.0. The largest absolute Gasteiger partial charge is 0.425 e. The van der Waals surface area contributed by atoms with Gasteiger partial charge >= 0.3 is 5.97 Å². The van der Waals surface area contributed by atoms with E-state index in [1.807, 2.05) is 43.3 Å². The number of hydrogen-bond donors (Lipinski definition) is 1. The molecule has 0 saturated carbocycles. The zero-order chi connectivity index (χ0) is 28.1. The first kappa shape index (κ1) is 27.7. The van der Waals surface area contributed by atoms with Gasteiger partial charge in [0.15, 0.2) is 0 Å². The fraction of sp³-hybridized carbons (Fsp3) is 0.212. The van der Waals surface area contributed by atoms with Crippen LogP contribution in [0.3, 0.4) is 0 Å². The molecule has 0 radical (unpaired) electrons. The van der Waals surface area contributed by atoms with Crippen LogP contribution in [-0.4, -0.2) is 11.9 Å². The van der Waals surface area contributed by atoms with Gasteiger partial charge in [-0.2, -0.15) is 0 Å². The number of carbonyl (C=O) groups is 2. The van der Waals surface area contributed by atoms with Gasteiger partial charge in [-0.05, 0) is 79.3 Å². The number of aryl methyl sites for hydroxylation is 1. The Morgan fingerprint density at radius 1 is 0.846 bits per heavy atom. The Kier molecular flexibility index (Phi) is 8.55. The van der Waals surface area contributed by atoms with E-state index in [4.69, 9.17) is 4.74 Å². The summed E-state index contributed by atoms with van der Waals surface area (Å²) in [7, 11) is 0. The summed E-state index contributed by atoms with van der Waals surface area (Å²) in [5.74, 6) is -2.55. The number of esters is 1. The van der Waals surface area contributed by atoms with Gasteiger partial charge in [0.25, 0.3) is 5.91 Å². The number of carbonyl (C=O) groups excluding carboxylic acids is 2. The Balaban J connectivity index is 1.63. The molecule has 0 aliphatic carbocycles. The lowest BCUT2D eigenvalue weighted by molar-refractivity contribution is -0.135. The number of amides is 1. The molecule has 0 aliphatic rings. The van der Waals surface area contributed by atoms with Gasteiger partial charge in [-0.15, -0.1) is 0 Å². The van der Waals surface area contributed by atoms with Crippen molar-refractivity contribution in [1.82, 2.24) is 0 Å². The van der Waals surface area contributed by atoms with Crippen molar-refractivity contribution in [3.63, 3.8) is 0 Å². The molecular formula is C33H31F2NO3. The van der Waals surface area contributed by atoms with Crippen molar-refractivity contribution in [2.24, 2.45) is 5.92 Å². The Morgan fingerprint density at radius 2 is 1.54 bits per heavy atom. The molecule has 1 atom stereocenters. The van der Waals surface area contributed by atoms with Crippen LogP contribution in [0.2, 0.25) is 0 Å². The lowest BCUT2D eigenvalue weighted by atomic mass is 9.97. The number of halogens is 2. The molecule has 0 aromatic heterocycles. The quantitative estimate of drug-likeness (QED) is 0.186. The summed E-state index contributed by atoms with van der Waals surface area (Å²) >= 11 is 0. The van der Waals surface area contributed by atoms with Crippen molar-refractivity contribution in [3.8, 4) is 16.9 Å². The molecule has 1 unspecified atom stereocenters. The third kappa shape index (κ3) is 6.96. The number of anilines is 1. The lowest BCUT2D eigenvalue weighted by Gasteiger charge is -2.16. The van der Waals surface area contributed by atoms with E-state index in [-0.39, 0.29) is 16.9 Å². The molecule has 1 N–H and O–H groups in total. The molecule has 4 rings (SSSR count). The van der Waals surface area contributed by atoms with Gasteiger partial charge in [-0.1, -0.05) is 61.9 Å². The number of nitrogens with one attached hydrogen (secondary N) is 1. The Labute approximate surface area is 227 Å². The fourth-order valence-corrected chi connectivity index (χ4v) is 4.27. The summed E-state index contributed by atoms with van der Waals surface area (Å²) in [4.78, 5) is 26.5. The second-order valence-corrected chi connectivity index (χ2v) is 10.1. The van der Waals surface area contributed by atoms with Crippen LogP contribution in [0, 0.1) is 24.5 Å². The van der Waals surface area contributed by atoms with Crippen LogP contribution >= 0.6 is 0 Å². The normalized spacial score (nSPS) is 11.8. The van der Waals surface area contributed by atoms with Crippen molar-refractivity contribution in [2.75, 3.05) is 5.32 Å². The molecule has 39 heavy (non-hydrogen) atoms. The number of hydrogen-bond acceptors (Lipinski definition) is 3. The van der Waals surface area contributed by atoms with Crippen LogP contribution in [0.15, 0.2) is 84.9 Å². The van der Waals surface area contributed by atoms with E-state index in [9.17, 15) is 18.4 Å². The standard InChI is InChI=1S/C33H31F2NO3/c1-20(2)17-23-7-9-24(10-8-23)22(4)33(38)39-31-16-11-25(28-15-12-26(34)19-30(28)35)18-29(31)32(37)36-27-13-5-21(3)6-14-27/h5-16,18-20,22H,17H2,1-4H3,(H,36,37). The van der Waals surface area contributed by atoms with Gasteiger partial charge < -0.3 is 10.1 Å². The number of rotatable bonds is 8. The van der Waals surface area contributed by atoms with Crippen LogP contribution in [-0.2, 0) is 11.2 Å². The first-order chi connectivity index (χ1) is 18.6. The van der Waals surface area contributed by atoms with Crippen LogP contribution in [0.25, 0.3) is 11.1 Å². The highest BCUT2D eigenvalue weighted by Gasteiger charge is 2.22. The van der Waals surface area contributed by atoms with Gasteiger partial charge in [0, 0.05) is 17.3 Å². The van der Waals surface area contributed by atoms with E-state index in [0.29, 0.717) is 17.2 Å². The van der Waals surface area contributed by atoms with Crippen LogP contribution in [0.5, 0.6) is 5.75 Å². The molecule has 0 fully saturated rings. The van der Waals surface area contributed by atoms with E-state index < -0.39 is 29.4 Å². The van der Waals surface area contributed by atoms with Gasteiger partial charge in [0.05, 0.1) is 11.5 Å². The fourth-order valence-electron chi connectivity index (χ4n) is 4.27. The SMILES string of the molecule is Cc1ccc(NC(=O)c2cc(-c3ccc(F)cc3F)ccc2OC(=O)C(C)c2ccc(CC(C)C)cc2)cc1. The smallest absolute Gasteiger partial charge is 0.318 e. The van der Waals surface area contributed by atoms with E-state index >= 15 is 0 Å². The first-order valence-corrected chi connectivity index (χ1v) is 12.9. The van der Waals surface area contributed by atoms with Crippen LogP contribution in [0.1, 0.15) is 53.7 Å². The van der Waals surface area contributed by atoms with Gasteiger partial charge in [0.1, 0.15) is 17.4 Å². The molecule has 4 aromatic carbocycles. The van der Waals surface area contributed by atoms with Crippen LogP contribution in [0.4, 0.5) is 14.5 Å². The van der Waals surface area contributed by atoms with E-state index in [1.54, 1.807) is 19.1 Å². The zero-order valence-corrected chi connectivity index (χ0v) is 22.4. The second-order valence-electron chi connectivity index (χ2n) is 10.1. The minimum absolute atomic E-state index is 0.0409. The maximum atomic E-state index is 14.5. The molecule has 0 aliphatic heterocycles. The van der Waals surface area contributed by atoms with E-state index in [2.05, 4.69) is 19.2 Å². The average molecular weight is 528 g/mol. The summed E-state index contributed by atoms with van der Waals surface area (Å²) in [6.07, 6.45) is 0.944. The summed E-state index contributed by atoms with van der Waals surface area (Å²) in [5, 5.41) is 2.80. The summed E-state index contributed by atoms with van der Waals surface area (Å²) < 4.78 is 33.7. The monoisotopic (exact) mass is 527 g/mol. The molecule has 0 saturated heterocycles. The van der Waals surface area contributed by atoms with Crippen molar-refractivity contribution in [1.29, 1.82) is 0 Å². The first-order valence-electron chi connectivity index (χ1n) is 12.9. The molecule has 1 amide bonds. The minimum atomic E-state index is -0.765. The Hall–Kier alpha value is -4.32. The zero-order valence-electron chi connectivity index (χ0n) is 22.4. The Bertz CT molecular complexity index is 1480. The molecule has 200 valence electrons. The molecule has 0 bridgehead atoms. The average Bonchev–Trinajstić information content (AvgIpc) is 2.90. The molecule has 4 aromatic rings. The third-order valence-electron chi connectivity index (χ3n) is 6.46. The van der Waals surface area contributed by atoms with E-state index in [1.165, 1.54) is 29.8 Å². The topological polar surface area (TPSA) is 55.4 Å². The van der Waals surface area contributed by atoms with Gasteiger partial charge in [0.2, 0.25) is 0 Å². The van der Waals surface area contributed by atoms with Crippen molar-refractivity contribution in [2.45, 2.75) is 40.0 Å². The van der Waals surface area contributed by atoms with E-state index in [0.717, 1.165) is 29.7 Å². The molecule has 4 nitrogen and oxygen atoms in total. The van der Waals surface area contributed by atoms with Gasteiger partial charge in [-0.25, -0.2) is 8.78 Å². The Morgan fingerprint density at radius 3 is 2.18 bits per heavy atom. The van der Waals surface area contributed by atoms with Crippen molar-refractivity contribution in [3.05, 3.63) is 119 Å². The number of ether oxygens (including phenoxy) is 1. The highest BCUT2D eigenvalue weighted by Crippen LogP contribution is 2.31. The lowest BCUT2D eigenvalue weighted by Crippen LogP contribution is -2.20. The summed E-state index contributed by atoms with van der Waals surface area (Å²) in [5.41, 5.74) is 4.07. The predicted molar refractivity (Wildman–Crippen MR) is 150 cm³/mol.